The molecular formula is C10H17NO. The third kappa shape index (κ3) is 0.838. The molecule has 4 unspecified atom stereocenters. The van der Waals surface area contributed by atoms with Crippen LogP contribution >= 0.6 is 0 Å². The maximum Gasteiger partial charge on any atom is 0.221 e. The molecule has 0 bridgehead atoms. The summed E-state index contributed by atoms with van der Waals surface area (Å²) in [6.07, 6.45) is 3.76. The number of hydrogen-bond acceptors (Lipinski definition) is 1. The topological polar surface area (TPSA) is 43.1 Å². The van der Waals surface area contributed by atoms with E-state index in [2.05, 4.69) is 13.8 Å². The summed E-state index contributed by atoms with van der Waals surface area (Å²) in [6.45, 7) is 4.48. The highest BCUT2D eigenvalue weighted by molar-refractivity contribution is 5.81. The van der Waals surface area contributed by atoms with Crippen molar-refractivity contribution in [3.63, 3.8) is 0 Å². The van der Waals surface area contributed by atoms with Gasteiger partial charge in [-0.15, -0.1) is 0 Å². The lowest BCUT2D eigenvalue weighted by molar-refractivity contribution is -0.120. The molecule has 4 atom stereocenters. The van der Waals surface area contributed by atoms with Crippen molar-refractivity contribution < 1.29 is 4.79 Å². The summed E-state index contributed by atoms with van der Waals surface area (Å²) in [5.41, 5.74) is 5.65. The molecule has 2 heteroatoms. The van der Waals surface area contributed by atoms with E-state index in [1.165, 1.54) is 19.3 Å². The second-order valence-corrected chi connectivity index (χ2v) is 4.78. The minimum Gasteiger partial charge on any atom is -0.369 e. The Morgan fingerprint density at radius 3 is 2.75 bits per heavy atom. The number of hydrogen-bond donors (Lipinski definition) is 1. The summed E-state index contributed by atoms with van der Waals surface area (Å²) < 4.78 is 0. The fraction of sp³-hybridized carbons (Fsp3) is 0.900. The molecule has 12 heavy (non-hydrogen) atoms. The summed E-state index contributed by atoms with van der Waals surface area (Å²) >= 11 is 0. The molecule has 2 aliphatic carbocycles. The van der Waals surface area contributed by atoms with E-state index in [9.17, 15) is 4.79 Å². The molecule has 0 spiro atoms. The number of fused-ring (bicyclic) bond motifs is 1. The van der Waals surface area contributed by atoms with Gasteiger partial charge in [-0.2, -0.15) is 0 Å². The highest BCUT2D eigenvalue weighted by Crippen LogP contribution is 2.67. The molecule has 2 rings (SSSR count). The van der Waals surface area contributed by atoms with Gasteiger partial charge in [-0.1, -0.05) is 26.7 Å². The predicted molar refractivity (Wildman–Crippen MR) is 47.3 cm³/mol. The number of amides is 1. The zero-order valence-corrected chi connectivity index (χ0v) is 7.84. The maximum absolute atomic E-state index is 11.1. The summed E-state index contributed by atoms with van der Waals surface area (Å²) in [5, 5.41) is 0. The molecule has 2 fully saturated rings. The third-order valence-corrected chi connectivity index (χ3v) is 4.02. The first-order valence-electron chi connectivity index (χ1n) is 4.86. The fourth-order valence-electron chi connectivity index (χ4n) is 3.39. The first kappa shape index (κ1) is 8.09. The monoisotopic (exact) mass is 167 g/mol. The lowest BCUT2D eigenvalue weighted by Crippen LogP contribution is -2.17. The fourth-order valence-corrected chi connectivity index (χ4v) is 3.39. The highest BCUT2D eigenvalue weighted by atomic mass is 16.1. The zero-order valence-electron chi connectivity index (χ0n) is 7.84. The minimum atomic E-state index is -0.0729. The van der Waals surface area contributed by atoms with Gasteiger partial charge >= 0.3 is 0 Å². The Bertz CT molecular complexity index is 226. The molecule has 1 amide bonds. The van der Waals surface area contributed by atoms with E-state index < -0.39 is 0 Å². The first-order valence-corrected chi connectivity index (χ1v) is 4.86. The predicted octanol–water partition coefficient (Wildman–Crippen LogP) is 1.54. The number of carbonyl (C=O) groups excluding carboxylic acids is 1. The van der Waals surface area contributed by atoms with Crippen LogP contribution in [0.4, 0.5) is 0 Å². The summed E-state index contributed by atoms with van der Waals surface area (Å²) in [7, 11) is 0. The van der Waals surface area contributed by atoms with E-state index in [1.807, 2.05) is 0 Å². The third-order valence-electron chi connectivity index (χ3n) is 4.02. The second kappa shape index (κ2) is 2.24. The largest absolute Gasteiger partial charge is 0.369 e. The quantitative estimate of drug-likeness (QED) is 0.632. The number of carbonyl (C=O) groups is 1. The molecule has 0 aromatic rings. The average Bonchev–Trinajstić information content (AvgIpc) is 2.57. The number of primary amides is 1. The van der Waals surface area contributed by atoms with E-state index in [-0.39, 0.29) is 17.2 Å². The minimum absolute atomic E-state index is 0.0729. The van der Waals surface area contributed by atoms with E-state index in [0.29, 0.717) is 11.8 Å². The van der Waals surface area contributed by atoms with Crippen molar-refractivity contribution in [2.24, 2.45) is 28.9 Å². The lowest BCUT2D eigenvalue weighted by Gasteiger charge is -2.21. The Hall–Kier alpha value is -0.530. The normalized spacial score (nSPS) is 51.3. The second-order valence-electron chi connectivity index (χ2n) is 4.78. The Kier molecular flexibility index (Phi) is 1.51. The molecule has 2 nitrogen and oxygen atoms in total. The van der Waals surface area contributed by atoms with Gasteiger partial charge in [0.05, 0.1) is 0 Å². The Morgan fingerprint density at radius 2 is 2.25 bits per heavy atom. The van der Waals surface area contributed by atoms with Crippen LogP contribution in [0, 0.1) is 23.2 Å². The molecule has 68 valence electrons. The molecule has 2 saturated carbocycles. The van der Waals surface area contributed by atoms with Gasteiger partial charge in [0, 0.05) is 5.92 Å². The van der Waals surface area contributed by atoms with E-state index >= 15 is 0 Å². The van der Waals surface area contributed by atoms with Crippen molar-refractivity contribution in [1.29, 1.82) is 0 Å². The molecule has 0 heterocycles. The van der Waals surface area contributed by atoms with Gasteiger partial charge in [-0.05, 0) is 23.7 Å². The van der Waals surface area contributed by atoms with Gasteiger partial charge in [0.15, 0.2) is 0 Å². The van der Waals surface area contributed by atoms with Gasteiger partial charge in [-0.25, -0.2) is 0 Å². The van der Waals surface area contributed by atoms with Gasteiger partial charge < -0.3 is 5.73 Å². The molecule has 0 aromatic carbocycles. The Morgan fingerprint density at radius 1 is 1.58 bits per heavy atom. The van der Waals surface area contributed by atoms with Crippen LogP contribution in [0.3, 0.4) is 0 Å². The van der Waals surface area contributed by atoms with Crippen LogP contribution in [0.15, 0.2) is 0 Å². The smallest absolute Gasteiger partial charge is 0.221 e. The summed E-state index contributed by atoms with van der Waals surface area (Å²) in [6, 6.07) is 0. The number of nitrogens with two attached hydrogens (primary N) is 1. The summed E-state index contributed by atoms with van der Waals surface area (Å²) in [4.78, 5) is 11.1. The van der Waals surface area contributed by atoms with E-state index in [4.69, 9.17) is 5.73 Å². The SMILES string of the molecule is CC1CCCC2(C)C(C(N)=O)C12. The molecular weight excluding hydrogens is 150 g/mol. The van der Waals surface area contributed by atoms with Crippen LogP contribution in [0.25, 0.3) is 0 Å². The Balaban J connectivity index is 2.17. The summed E-state index contributed by atoms with van der Waals surface area (Å²) in [5.74, 6) is 1.43. The van der Waals surface area contributed by atoms with Gasteiger partial charge in [-0.3, -0.25) is 4.79 Å². The standard InChI is InChI=1S/C10H17NO/c1-6-4-3-5-10(2)7(6)8(10)9(11)12/h6-8H,3-5H2,1-2H3,(H2,11,12). The molecule has 0 radical (unpaired) electrons. The van der Waals surface area contributed by atoms with Crippen molar-refractivity contribution in [3.05, 3.63) is 0 Å². The van der Waals surface area contributed by atoms with Crippen molar-refractivity contribution in [1.82, 2.24) is 0 Å². The number of rotatable bonds is 1. The van der Waals surface area contributed by atoms with Gasteiger partial charge in [0.1, 0.15) is 0 Å². The van der Waals surface area contributed by atoms with E-state index in [0.717, 1.165) is 0 Å². The van der Waals surface area contributed by atoms with Crippen molar-refractivity contribution >= 4 is 5.91 Å². The highest BCUT2D eigenvalue weighted by Gasteiger charge is 2.66. The van der Waals surface area contributed by atoms with Gasteiger partial charge in [0.2, 0.25) is 5.91 Å². The van der Waals surface area contributed by atoms with Gasteiger partial charge in [0.25, 0.3) is 0 Å². The van der Waals surface area contributed by atoms with Crippen LogP contribution in [-0.2, 0) is 4.79 Å². The van der Waals surface area contributed by atoms with Crippen LogP contribution < -0.4 is 5.73 Å². The van der Waals surface area contributed by atoms with Crippen LogP contribution in [-0.4, -0.2) is 5.91 Å². The van der Waals surface area contributed by atoms with Crippen LogP contribution in [0.5, 0.6) is 0 Å². The average molecular weight is 167 g/mol. The van der Waals surface area contributed by atoms with Crippen molar-refractivity contribution in [2.75, 3.05) is 0 Å². The molecule has 2 N–H and O–H groups in total. The molecule has 0 aromatic heterocycles. The first-order chi connectivity index (χ1) is 5.57. The Labute approximate surface area is 73.5 Å². The van der Waals surface area contributed by atoms with Crippen LogP contribution in [0.2, 0.25) is 0 Å². The zero-order chi connectivity index (χ0) is 8.93. The molecule has 0 aliphatic heterocycles. The van der Waals surface area contributed by atoms with Crippen molar-refractivity contribution in [3.8, 4) is 0 Å². The lowest BCUT2D eigenvalue weighted by atomic mass is 9.84. The van der Waals surface area contributed by atoms with Crippen molar-refractivity contribution in [2.45, 2.75) is 33.1 Å². The van der Waals surface area contributed by atoms with Crippen LogP contribution in [0.1, 0.15) is 33.1 Å². The maximum atomic E-state index is 11.1. The molecule has 0 saturated heterocycles. The molecule has 2 aliphatic rings. The van der Waals surface area contributed by atoms with E-state index in [1.54, 1.807) is 0 Å².